The van der Waals surface area contributed by atoms with Crippen LogP contribution in [-0.2, 0) is 19.2 Å². The number of β-lactam (4-membered cyclic amide) rings is 1. The summed E-state index contributed by atoms with van der Waals surface area (Å²) in [7, 11) is 0. The predicted molar refractivity (Wildman–Crippen MR) is 122 cm³/mol. The number of thioether (sulfide) groups is 1. The molecule has 0 aliphatic carbocycles. The largest absolute Gasteiger partial charge is 0.477 e. The third-order valence-corrected chi connectivity index (χ3v) is 8.82. The monoisotopic (exact) mass is 516 g/mol. The maximum absolute atomic E-state index is 12.9. The molecule has 0 aromatic carbocycles. The molecule has 194 valence electrons. The van der Waals surface area contributed by atoms with Gasteiger partial charge < -0.3 is 37.0 Å². The highest BCUT2D eigenvalue weighted by atomic mass is 32.2. The molecule has 0 aromatic heterocycles. The van der Waals surface area contributed by atoms with Crippen LogP contribution in [-0.4, -0.2) is 100 Å². The van der Waals surface area contributed by atoms with Crippen LogP contribution in [0.1, 0.15) is 20.3 Å². The number of carboxylic acids is 1. The van der Waals surface area contributed by atoms with Crippen molar-refractivity contribution in [1.29, 1.82) is 0 Å². The molecule has 1 unspecified atom stereocenters. The summed E-state index contributed by atoms with van der Waals surface area (Å²) in [5, 5.41) is 15.1. The average Bonchev–Trinajstić information content (AvgIpc) is 3.44. The predicted octanol–water partition coefficient (Wildman–Crippen LogP) is -1.51. The van der Waals surface area contributed by atoms with Gasteiger partial charge in [-0.25, -0.2) is 4.79 Å². The summed E-state index contributed by atoms with van der Waals surface area (Å²) < 4.78 is 25.3. The Morgan fingerprint density at radius 1 is 1.23 bits per heavy atom. The van der Waals surface area contributed by atoms with Crippen molar-refractivity contribution >= 4 is 35.5 Å². The van der Waals surface area contributed by atoms with Crippen LogP contribution in [0.4, 0.5) is 8.78 Å². The van der Waals surface area contributed by atoms with Crippen LogP contribution in [0, 0.1) is 11.8 Å². The fraction of sp³-hybridized carbons (Fsp3) is 0.714. The first-order valence-electron chi connectivity index (χ1n) is 11.5. The van der Waals surface area contributed by atoms with Crippen molar-refractivity contribution in [2.45, 2.75) is 62.2 Å². The minimum Gasteiger partial charge on any atom is -0.477 e. The van der Waals surface area contributed by atoms with E-state index in [2.05, 4.69) is 10.6 Å². The maximum Gasteiger partial charge on any atom is 0.353 e. The Balaban J connectivity index is 1.44. The normalized spacial score (nSPS) is 35.4. The van der Waals surface area contributed by atoms with E-state index in [0.29, 0.717) is 31.0 Å². The molecular weight excluding hydrogens is 486 g/mol. The van der Waals surface area contributed by atoms with E-state index in [9.17, 15) is 33.1 Å². The Labute approximate surface area is 205 Å². The summed E-state index contributed by atoms with van der Waals surface area (Å²) in [6.45, 7) is 4.50. The van der Waals surface area contributed by atoms with Gasteiger partial charge in [0.1, 0.15) is 5.70 Å². The summed E-state index contributed by atoms with van der Waals surface area (Å²) in [5.41, 5.74) is 11.7. The zero-order chi connectivity index (χ0) is 25.8. The minimum atomic E-state index is -3.21. The standard InChI is InChI=1S/C21H30F2N6O5S/c1-7-14-13(8(2)27-18(30)17(22)23)20(32)29(14)15(21(33)34)16(7)35-9-3-12(26-4-9)19(31)28-5-10(24)11(25)6-28/h7-14,17,26H,3-6,24-25H2,1-2H3,(H,27,30)(H,33,34)/t7-,8?,9+,10+,11+,12+,13-,14-/m1/s1. The van der Waals surface area contributed by atoms with Gasteiger partial charge in [0.2, 0.25) is 11.8 Å². The first kappa shape index (κ1) is 25.8. The van der Waals surface area contributed by atoms with E-state index in [4.69, 9.17) is 11.5 Å². The summed E-state index contributed by atoms with van der Waals surface area (Å²) >= 11 is 1.32. The topological polar surface area (TPSA) is 171 Å². The van der Waals surface area contributed by atoms with E-state index >= 15 is 0 Å². The van der Waals surface area contributed by atoms with Crippen LogP contribution in [0.3, 0.4) is 0 Å². The number of halogens is 2. The van der Waals surface area contributed by atoms with Crippen LogP contribution >= 0.6 is 11.8 Å². The molecule has 0 radical (unpaired) electrons. The lowest BCUT2D eigenvalue weighted by atomic mass is 9.78. The van der Waals surface area contributed by atoms with Crippen LogP contribution in [0.2, 0.25) is 0 Å². The number of aliphatic carboxylic acids is 1. The van der Waals surface area contributed by atoms with Gasteiger partial charge in [0.05, 0.1) is 18.0 Å². The number of carbonyl (C=O) groups excluding carboxylic acids is 3. The number of nitrogens with zero attached hydrogens (tertiary/aromatic N) is 2. The Morgan fingerprint density at radius 2 is 1.86 bits per heavy atom. The van der Waals surface area contributed by atoms with Crippen molar-refractivity contribution in [2.75, 3.05) is 19.6 Å². The van der Waals surface area contributed by atoms with Crippen molar-refractivity contribution in [3.05, 3.63) is 10.6 Å². The fourth-order valence-corrected chi connectivity index (χ4v) is 6.97. The number of rotatable bonds is 7. The minimum absolute atomic E-state index is 0.0916. The molecule has 11 nitrogen and oxygen atoms in total. The van der Waals surface area contributed by atoms with Gasteiger partial charge in [0, 0.05) is 53.8 Å². The number of hydrogen-bond donors (Lipinski definition) is 5. The molecule has 0 bridgehead atoms. The van der Waals surface area contributed by atoms with Crippen molar-refractivity contribution in [3.8, 4) is 0 Å². The smallest absolute Gasteiger partial charge is 0.353 e. The first-order valence-corrected chi connectivity index (χ1v) is 12.4. The number of alkyl halides is 2. The molecule has 0 spiro atoms. The number of amides is 3. The highest BCUT2D eigenvalue weighted by Gasteiger charge is 2.60. The van der Waals surface area contributed by atoms with Crippen molar-refractivity contribution in [3.63, 3.8) is 0 Å². The van der Waals surface area contributed by atoms with Gasteiger partial charge in [-0.2, -0.15) is 8.78 Å². The zero-order valence-electron chi connectivity index (χ0n) is 19.3. The lowest BCUT2D eigenvalue weighted by molar-refractivity contribution is -0.159. The van der Waals surface area contributed by atoms with Gasteiger partial charge in [-0.15, -0.1) is 11.8 Å². The second-order valence-corrected chi connectivity index (χ2v) is 11.0. The maximum atomic E-state index is 12.9. The first-order chi connectivity index (χ1) is 16.4. The number of nitrogens with two attached hydrogens (primary N) is 2. The second-order valence-electron chi connectivity index (χ2n) is 9.64. The van der Waals surface area contributed by atoms with Crippen LogP contribution in [0.5, 0.6) is 0 Å². The van der Waals surface area contributed by atoms with Crippen LogP contribution < -0.4 is 22.1 Å². The molecule has 3 amide bonds. The molecular formula is C21H30F2N6O5S. The molecule has 4 aliphatic rings. The van der Waals surface area contributed by atoms with E-state index in [0.717, 1.165) is 0 Å². The van der Waals surface area contributed by atoms with Crippen LogP contribution in [0.25, 0.3) is 0 Å². The Morgan fingerprint density at radius 3 is 2.43 bits per heavy atom. The van der Waals surface area contributed by atoms with E-state index < -0.39 is 48.3 Å². The van der Waals surface area contributed by atoms with Gasteiger partial charge >= 0.3 is 12.4 Å². The van der Waals surface area contributed by atoms with Gasteiger partial charge in [0.25, 0.3) is 5.91 Å². The third-order valence-electron chi connectivity index (χ3n) is 7.30. The Bertz CT molecular complexity index is 956. The number of carboxylic acid groups (broad SMARTS) is 1. The number of nitrogens with one attached hydrogen (secondary N) is 2. The lowest BCUT2D eigenvalue weighted by Gasteiger charge is -2.47. The number of likely N-dealkylation sites (tertiary alicyclic amines) is 1. The Kier molecular flexibility index (Phi) is 7.10. The number of fused-ring (bicyclic) bond motifs is 1. The molecule has 0 saturated carbocycles. The molecule has 4 heterocycles. The SMILES string of the molecule is CC(NC(=O)C(F)F)[C@H]1C(=O)N2C(C(=O)O)=C(S[C@@H]3CN[C@H](C(=O)N4C[C@H](N)[C@@H](N)C4)C3)[C@H](C)[C@H]12. The Hall–Kier alpha value is -2.29. The molecule has 35 heavy (non-hydrogen) atoms. The van der Waals surface area contributed by atoms with E-state index in [1.807, 2.05) is 0 Å². The van der Waals surface area contributed by atoms with Gasteiger partial charge in [0.15, 0.2) is 0 Å². The molecule has 7 N–H and O–H groups in total. The molecule has 3 fully saturated rings. The van der Waals surface area contributed by atoms with Crippen molar-refractivity contribution < 1.29 is 33.1 Å². The molecule has 4 rings (SSSR count). The quantitative estimate of drug-likeness (QED) is 0.252. The van der Waals surface area contributed by atoms with E-state index in [-0.39, 0.29) is 34.9 Å². The van der Waals surface area contributed by atoms with Crippen molar-refractivity contribution in [1.82, 2.24) is 20.4 Å². The van der Waals surface area contributed by atoms with Crippen molar-refractivity contribution in [2.24, 2.45) is 23.3 Å². The molecule has 8 atom stereocenters. The number of carbonyl (C=O) groups is 4. The highest BCUT2D eigenvalue weighted by Crippen LogP contribution is 2.51. The molecule has 14 heteroatoms. The third kappa shape index (κ3) is 4.52. The highest BCUT2D eigenvalue weighted by molar-refractivity contribution is 8.03. The fourth-order valence-electron chi connectivity index (χ4n) is 5.49. The van der Waals surface area contributed by atoms with Gasteiger partial charge in [-0.05, 0) is 13.3 Å². The summed E-state index contributed by atoms with van der Waals surface area (Å²) in [6, 6.07) is -2.40. The van der Waals surface area contributed by atoms with Gasteiger partial charge in [-0.1, -0.05) is 6.92 Å². The second kappa shape index (κ2) is 9.64. The van der Waals surface area contributed by atoms with E-state index in [1.54, 1.807) is 11.8 Å². The summed E-state index contributed by atoms with van der Waals surface area (Å²) in [5.74, 6) is -4.51. The number of hydrogen-bond acceptors (Lipinski definition) is 8. The summed E-state index contributed by atoms with van der Waals surface area (Å²) in [4.78, 5) is 52.5. The molecule has 4 aliphatic heterocycles. The van der Waals surface area contributed by atoms with E-state index in [1.165, 1.54) is 23.6 Å². The summed E-state index contributed by atoms with van der Waals surface area (Å²) in [6.07, 6.45) is -2.74. The zero-order valence-corrected chi connectivity index (χ0v) is 20.1. The van der Waals surface area contributed by atoms with Gasteiger partial charge in [-0.3, -0.25) is 14.4 Å². The average molecular weight is 517 g/mol. The molecule has 0 aromatic rings. The lowest BCUT2D eigenvalue weighted by Crippen LogP contribution is -2.66. The molecule has 3 saturated heterocycles. The van der Waals surface area contributed by atoms with Crippen LogP contribution in [0.15, 0.2) is 10.6 Å².